The third kappa shape index (κ3) is 4.55. The summed E-state index contributed by atoms with van der Waals surface area (Å²) in [6.45, 7) is 2.65. The van der Waals surface area contributed by atoms with Gasteiger partial charge in [-0.1, -0.05) is 6.07 Å². The summed E-state index contributed by atoms with van der Waals surface area (Å²) >= 11 is 1.08. The molecule has 2 heterocycles. The summed E-state index contributed by atoms with van der Waals surface area (Å²) in [4.78, 5) is 4.06. The molecular weight excluding hydrogens is 264 g/mol. The van der Waals surface area contributed by atoms with E-state index in [4.69, 9.17) is 4.74 Å². The van der Waals surface area contributed by atoms with E-state index in [0.29, 0.717) is 12.4 Å². The minimum atomic E-state index is -0.596. The fraction of sp³-hybridized carbons (Fsp3) is 0.417. The molecule has 2 aromatic heterocycles. The fourth-order valence-electron chi connectivity index (χ4n) is 1.52. The molecular formula is C12H16N4O2S. The van der Waals surface area contributed by atoms with Crippen molar-refractivity contribution in [1.82, 2.24) is 19.0 Å². The molecule has 19 heavy (non-hydrogen) atoms. The number of hydrogen-bond acceptors (Lipinski definition) is 7. The molecule has 0 aliphatic carbocycles. The van der Waals surface area contributed by atoms with Crippen molar-refractivity contribution in [3.8, 4) is 5.88 Å². The highest BCUT2D eigenvalue weighted by Gasteiger charge is 2.10. The Balaban J connectivity index is 1.70. The van der Waals surface area contributed by atoms with Gasteiger partial charge in [0, 0.05) is 25.0 Å². The first-order chi connectivity index (χ1) is 9.25. The fourth-order valence-corrected chi connectivity index (χ4v) is 1.89. The summed E-state index contributed by atoms with van der Waals surface area (Å²) in [6.07, 6.45) is 4.48. The van der Waals surface area contributed by atoms with Crippen LogP contribution in [0.15, 0.2) is 30.7 Å². The highest BCUT2D eigenvalue weighted by molar-refractivity contribution is 6.99. The van der Waals surface area contributed by atoms with Crippen molar-refractivity contribution in [1.29, 1.82) is 0 Å². The number of rotatable bonds is 7. The van der Waals surface area contributed by atoms with Crippen molar-refractivity contribution < 1.29 is 9.84 Å². The zero-order valence-corrected chi connectivity index (χ0v) is 11.4. The minimum absolute atomic E-state index is 0.129. The number of aromatic nitrogens is 3. The van der Waals surface area contributed by atoms with Gasteiger partial charge in [-0.3, -0.25) is 4.98 Å². The number of hydrogen-bond donors (Lipinski definition) is 2. The molecule has 2 rings (SSSR count). The van der Waals surface area contributed by atoms with Crippen LogP contribution in [0.4, 0.5) is 0 Å². The second-order valence-electron chi connectivity index (χ2n) is 4.13. The van der Waals surface area contributed by atoms with Crippen molar-refractivity contribution in [2.75, 3.05) is 13.2 Å². The zero-order chi connectivity index (χ0) is 13.5. The van der Waals surface area contributed by atoms with Crippen LogP contribution in [0, 0.1) is 0 Å². The minimum Gasteiger partial charge on any atom is -0.473 e. The van der Waals surface area contributed by atoms with Crippen LogP contribution in [-0.2, 0) is 0 Å². The molecule has 0 radical (unpaired) electrons. The molecule has 1 unspecified atom stereocenters. The molecule has 0 spiro atoms. The second kappa shape index (κ2) is 7.13. The Kier molecular flexibility index (Phi) is 5.20. The highest BCUT2D eigenvalue weighted by atomic mass is 32.1. The average molecular weight is 280 g/mol. The van der Waals surface area contributed by atoms with E-state index in [-0.39, 0.29) is 12.6 Å². The summed E-state index contributed by atoms with van der Waals surface area (Å²) in [5.74, 6) is 0.448. The smallest absolute Gasteiger partial charge is 0.245 e. The number of aliphatic hydroxyl groups is 1. The number of nitrogens with one attached hydrogen (secondary N) is 1. The predicted octanol–water partition coefficient (Wildman–Crippen LogP) is 1.02. The Bertz CT molecular complexity index is 466. The van der Waals surface area contributed by atoms with Gasteiger partial charge < -0.3 is 15.2 Å². The molecule has 0 amide bonds. The summed E-state index contributed by atoms with van der Waals surface area (Å²) in [7, 11) is 0. The summed E-state index contributed by atoms with van der Waals surface area (Å²) in [5, 5.41) is 13.0. The van der Waals surface area contributed by atoms with Crippen LogP contribution in [0.5, 0.6) is 5.88 Å². The quantitative estimate of drug-likeness (QED) is 0.788. The topological polar surface area (TPSA) is 80.2 Å². The van der Waals surface area contributed by atoms with Gasteiger partial charge in [-0.2, -0.15) is 4.37 Å². The summed E-state index contributed by atoms with van der Waals surface area (Å²) in [5.41, 5.74) is 1.08. The number of nitrogens with zero attached hydrogens (tertiary/aromatic N) is 3. The molecule has 0 bridgehead atoms. The molecule has 0 saturated heterocycles. The monoisotopic (exact) mass is 280 g/mol. The van der Waals surface area contributed by atoms with E-state index in [1.807, 2.05) is 25.3 Å². The van der Waals surface area contributed by atoms with E-state index < -0.39 is 6.10 Å². The molecule has 2 atom stereocenters. The van der Waals surface area contributed by atoms with Gasteiger partial charge in [0.1, 0.15) is 18.9 Å². The van der Waals surface area contributed by atoms with Gasteiger partial charge in [0.25, 0.3) is 0 Å². The van der Waals surface area contributed by atoms with E-state index in [1.54, 1.807) is 6.20 Å². The number of ether oxygens (including phenoxy) is 1. The standard InChI is InChI=1S/C12H16N4O2S/c1-9(10-3-2-4-13-5-10)14-6-11(17)8-18-12-7-15-19-16-12/h2-5,7,9,11,14,17H,6,8H2,1H3/t9-,11?/m0/s1. The molecule has 7 heteroatoms. The Morgan fingerprint density at radius 2 is 2.37 bits per heavy atom. The van der Waals surface area contributed by atoms with Crippen LogP contribution in [0.25, 0.3) is 0 Å². The first-order valence-corrected chi connectivity index (χ1v) is 6.70. The lowest BCUT2D eigenvalue weighted by Gasteiger charge is -2.17. The lowest BCUT2D eigenvalue weighted by Crippen LogP contribution is -2.33. The Hall–Kier alpha value is -1.57. The van der Waals surface area contributed by atoms with E-state index in [9.17, 15) is 5.11 Å². The van der Waals surface area contributed by atoms with Crippen molar-refractivity contribution in [3.63, 3.8) is 0 Å². The van der Waals surface area contributed by atoms with Crippen LogP contribution >= 0.6 is 11.7 Å². The maximum Gasteiger partial charge on any atom is 0.245 e. The lowest BCUT2D eigenvalue weighted by molar-refractivity contribution is 0.102. The number of aliphatic hydroxyl groups excluding tert-OH is 1. The average Bonchev–Trinajstić information content (AvgIpc) is 2.96. The first kappa shape index (κ1) is 13.9. The third-order valence-corrected chi connectivity index (χ3v) is 3.07. The van der Waals surface area contributed by atoms with Gasteiger partial charge in [0.15, 0.2) is 0 Å². The normalized spacial score (nSPS) is 14.0. The van der Waals surface area contributed by atoms with E-state index in [0.717, 1.165) is 17.3 Å². The van der Waals surface area contributed by atoms with Gasteiger partial charge >= 0.3 is 0 Å². The summed E-state index contributed by atoms with van der Waals surface area (Å²) in [6, 6.07) is 4.01. The molecule has 102 valence electrons. The largest absolute Gasteiger partial charge is 0.473 e. The van der Waals surface area contributed by atoms with Crippen LogP contribution in [-0.4, -0.2) is 38.1 Å². The van der Waals surface area contributed by atoms with Gasteiger partial charge in [-0.05, 0) is 18.6 Å². The molecule has 0 fully saturated rings. The zero-order valence-electron chi connectivity index (χ0n) is 10.6. The molecule has 6 nitrogen and oxygen atoms in total. The second-order valence-corrected chi connectivity index (χ2v) is 4.68. The van der Waals surface area contributed by atoms with Gasteiger partial charge in [0.05, 0.1) is 11.7 Å². The molecule has 0 saturated carbocycles. The highest BCUT2D eigenvalue weighted by Crippen LogP contribution is 2.10. The van der Waals surface area contributed by atoms with Gasteiger partial charge in [0.2, 0.25) is 5.88 Å². The number of pyridine rings is 1. The lowest BCUT2D eigenvalue weighted by atomic mass is 10.1. The molecule has 0 aliphatic rings. The molecule has 2 N–H and O–H groups in total. The van der Waals surface area contributed by atoms with Crippen molar-refractivity contribution in [2.24, 2.45) is 0 Å². The van der Waals surface area contributed by atoms with Crippen LogP contribution in [0.2, 0.25) is 0 Å². The van der Waals surface area contributed by atoms with Crippen molar-refractivity contribution in [3.05, 3.63) is 36.3 Å². The van der Waals surface area contributed by atoms with Gasteiger partial charge in [-0.25, -0.2) is 0 Å². The summed E-state index contributed by atoms with van der Waals surface area (Å²) < 4.78 is 13.0. The van der Waals surface area contributed by atoms with Crippen molar-refractivity contribution >= 4 is 11.7 Å². The van der Waals surface area contributed by atoms with Crippen LogP contribution in [0.3, 0.4) is 0 Å². The Morgan fingerprint density at radius 1 is 1.47 bits per heavy atom. The Morgan fingerprint density at radius 3 is 3.05 bits per heavy atom. The SMILES string of the molecule is C[C@H](NCC(O)COc1cnsn1)c1cccnc1. The van der Waals surface area contributed by atoms with E-state index in [2.05, 4.69) is 19.0 Å². The van der Waals surface area contributed by atoms with E-state index in [1.165, 1.54) is 6.20 Å². The van der Waals surface area contributed by atoms with Gasteiger partial charge in [-0.15, -0.1) is 4.37 Å². The maximum atomic E-state index is 9.80. The predicted molar refractivity (Wildman–Crippen MR) is 72.1 cm³/mol. The van der Waals surface area contributed by atoms with Crippen LogP contribution < -0.4 is 10.1 Å². The first-order valence-electron chi connectivity index (χ1n) is 5.97. The maximum absolute atomic E-state index is 9.80. The molecule has 0 aliphatic heterocycles. The van der Waals surface area contributed by atoms with Crippen molar-refractivity contribution in [2.45, 2.75) is 19.1 Å². The molecule has 0 aromatic carbocycles. The molecule has 2 aromatic rings. The van der Waals surface area contributed by atoms with E-state index >= 15 is 0 Å². The third-order valence-electron chi connectivity index (χ3n) is 2.61. The van der Waals surface area contributed by atoms with Crippen LogP contribution in [0.1, 0.15) is 18.5 Å². The Labute approximate surface area is 115 Å².